The fraction of sp³-hybridized carbons (Fsp3) is 0.667. The van der Waals surface area contributed by atoms with E-state index in [1.807, 2.05) is 12.2 Å². The molecular formula is C6H12N2O2. The Morgan fingerprint density at radius 1 is 1.60 bits per heavy atom. The molecule has 0 bridgehead atoms. The Bertz CT molecular complexity index is 114. The molecule has 0 aromatic heterocycles. The highest BCUT2D eigenvalue weighted by Crippen LogP contribution is 1.81. The quantitative estimate of drug-likeness (QED) is 0.438. The number of unbranched alkanes of at least 4 members (excludes halogenated alkanes) is 1. The average Bonchev–Trinajstić information content (AvgIpc) is 1.89. The highest BCUT2D eigenvalue weighted by molar-refractivity contribution is 5.84. The number of carbonyl (C=O) groups excluding carboxylic acids is 2. The highest BCUT2D eigenvalue weighted by atomic mass is 16.2. The molecule has 0 aliphatic rings. The molecule has 58 valence electrons. The van der Waals surface area contributed by atoms with E-state index in [1.54, 1.807) is 0 Å². The van der Waals surface area contributed by atoms with Crippen molar-refractivity contribution in [3.63, 3.8) is 0 Å². The molecule has 0 saturated heterocycles. The maximum atomic E-state index is 10.5. The van der Waals surface area contributed by atoms with Gasteiger partial charge in [0.15, 0.2) is 0 Å². The Balaban J connectivity index is 3.13. The average molecular weight is 144 g/mol. The van der Waals surface area contributed by atoms with E-state index in [2.05, 4.69) is 5.32 Å². The van der Waals surface area contributed by atoms with E-state index in [4.69, 9.17) is 0 Å². The number of urea groups is 1. The Labute approximate surface area is 60.0 Å². The zero-order chi connectivity index (χ0) is 7.82. The van der Waals surface area contributed by atoms with Crippen molar-refractivity contribution in [1.29, 1.82) is 0 Å². The first-order chi connectivity index (χ1) is 4.81. The van der Waals surface area contributed by atoms with Crippen molar-refractivity contribution in [2.24, 2.45) is 0 Å². The van der Waals surface area contributed by atoms with E-state index in [1.165, 1.54) is 0 Å². The minimum Gasteiger partial charge on any atom is -0.338 e. The van der Waals surface area contributed by atoms with Crippen LogP contribution in [-0.2, 0) is 4.79 Å². The van der Waals surface area contributed by atoms with Gasteiger partial charge in [-0.05, 0) is 6.42 Å². The maximum absolute atomic E-state index is 10.5. The van der Waals surface area contributed by atoms with Crippen molar-refractivity contribution in [1.82, 2.24) is 10.6 Å². The maximum Gasteiger partial charge on any atom is 0.321 e. The van der Waals surface area contributed by atoms with E-state index in [0.717, 1.165) is 12.8 Å². The van der Waals surface area contributed by atoms with E-state index in [9.17, 15) is 9.59 Å². The van der Waals surface area contributed by atoms with Crippen LogP contribution in [0.4, 0.5) is 4.79 Å². The lowest BCUT2D eigenvalue weighted by molar-refractivity contribution is -0.108. The number of nitrogens with one attached hydrogen (secondary N) is 2. The molecule has 0 aromatic carbocycles. The predicted octanol–water partition coefficient (Wildman–Crippen LogP) is 0.242. The Hall–Kier alpha value is -1.06. The van der Waals surface area contributed by atoms with Gasteiger partial charge in [-0.25, -0.2) is 4.79 Å². The second-order valence-electron chi connectivity index (χ2n) is 1.87. The van der Waals surface area contributed by atoms with Crippen LogP contribution < -0.4 is 10.6 Å². The molecule has 0 aliphatic heterocycles. The first kappa shape index (κ1) is 8.94. The molecule has 4 heteroatoms. The van der Waals surface area contributed by atoms with Crippen molar-refractivity contribution < 1.29 is 9.59 Å². The van der Waals surface area contributed by atoms with Crippen molar-refractivity contribution in [2.75, 3.05) is 6.54 Å². The summed E-state index contributed by atoms with van der Waals surface area (Å²) in [6, 6.07) is -0.427. The zero-order valence-electron chi connectivity index (χ0n) is 6.02. The topological polar surface area (TPSA) is 58.2 Å². The van der Waals surface area contributed by atoms with Crippen LogP contribution in [0.1, 0.15) is 19.8 Å². The molecule has 0 atom stereocenters. The summed E-state index contributed by atoms with van der Waals surface area (Å²) in [7, 11) is 0. The van der Waals surface area contributed by atoms with E-state index in [0.29, 0.717) is 13.0 Å². The SMILES string of the molecule is CCCCNC(=O)NC=O. The molecule has 4 nitrogen and oxygen atoms in total. The molecule has 0 aromatic rings. The lowest BCUT2D eigenvalue weighted by Crippen LogP contribution is -2.34. The van der Waals surface area contributed by atoms with Crippen molar-refractivity contribution in [3.8, 4) is 0 Å². The van der Waals surface area contributed by atoms with Gasteiger partial charge in [0, 0.05) is 6.54 Å². The van der Waals surface area contributed by atoms with Crippen LogP contribution in [0, 0.1) is 0 Å². The van der Waals surface area contributed by atoms with Crippen molar-refractivity contribution >= 4 is 12.4 Å². The van der Waals surface area contributed by atoms with Crippen LogP contribution in [0.15, 0.2) is 0 Å². The number of imide groups is 1. The summed E-state index contributed by atoms with van der Waals surface area (Å²) in [6.45, 7) is 2.65. The third-order valence-corrected chi connectivity index (χ3v) is 1.01. The zero-order valence-corrected chi connectivity index (χ0v) is 6.02. The Morgan fingerprint density at radius 2 is 2.30 bits per heavy atom. The molecule has 0 spiro atoms. The summed E-state index contributed by atoms with van der Waals surface area (Å²) in [5, 5.41) is 4.48. The largest absolute Gasteiger partial charge is 0.338 e. The number of carbonyl (C=O) groups is 2. The van der Waals surface area contributed by atoms with Gasteiger partial charge in [0.05, 0.1) is 0 Å². The minimum atomic E-state index is -0.427. The van der Waals surface area contributed by atoms with Gasteiger partial charge >= 0.3 is 6.03 Å². The fourth-order valence-electron chi connectivity index (χ4n) is 0.483. The van der Waals surface area contributed by atoms with Crippen LogP contribution >= 0.6 is 0 Å². The summed E-state index contributed by atoms with van der Waals surface area (Å²) >= 11 is 0. The molecule has 0 fully saturated rings. The molecule has 0 unspecified atom stereocenters. The first-order valence-corrected chi connectivity index (χ1v) is 3.29. The molecule has 3 amide bonds. The molecule has 2 N–H and O–H groups in total. The molecule has 0 radical (unpaired) electrons. The second-order valence-corrected chi connectivity index (χ2v) is 1.87. The van der Waals surface area contributed by atoms with Gasteiger partial charge in [-0.2, -0.15) is 0 Å². The summed E-state index contributed by atoms with van der Waals surface area (Å²) < 4.78 is 0. The highest BCUT2D eigenvalue weighted by Gasteiger charge is 1.93. The van der Waals surface area contributed by atoms with E-state index >= 15 is 0 Å². The summed E-state index contributed by atoms with van der Waals surface area (Å²) in [6.07, 6.45) is 2.33. The molecule has 0 heterocycles. The van der Waals surface area contributed by atoms with Gasteiger partial charge in [-0.3, -0.25) is 10.1 Å². The normalized spacial score (nSPS) is 8.50. The molecular weight excluding hydrogens is 132 g/mol. The number of hydrogen-bond donors (Lipinski definition) is 2. The first-order valence-electron chi connectivity index (χ1n) is 3.29. The standard InChI is InChI=1S/C6H12N2O2/c1-2-3-4-7-6(10)8-5-9/h5H,2-4H2,1H3,(H2,7,8,9,10). The summed E-state index contributed by atoms with van der Waals surface area (Å²) in [5.74, 6) is 0. The monoisotopic (exact) mass is 144 g/mol. The van der Waals surface area contributed by atoms with Gasteiger partial charge in [0.1, 0.15) is 0 Å². The molecule has 0 rings (SSSR count). The number of amides is 3. The third kappa shape index (κ3) is 5.08. The minimum absolute atomic E-state index is 0.362. The Kier molecular flexibility index (Phi) is 5.42. The number of hydrogen-bond acceptors (Lipinski definition) is 2. The van der Waals surface area contributed by atoms with Crippen molar-refractivity contribution in [2.45, 2.75) is 19.8 Å². The summed E-state index contributed by atoms with van der Waals surface area (Å²) in [4.78, 5) is 20.1. The van der Waals surface area contributed by atoms with Crippen LogP contribution in [-0.4, -0.2) is 19.0 Å². The van der Waals surface area contributed by atoms with E-state index in [-0.39, 0.29) is 0 Å². The van der Waals surface area contributed by atoms with Gasteiger partial charge in [-0.1, -0.05) is 13.3 Å². The van der Waals surface area contributed by atoms with Gasteiger partial charge in [0.25, 0.3) is 0 Å². The van der Waals surface area contributed by atoms with Gasteiger partial charge in [-0.15, -0.1) is 0 Å². The number of rotatable bonds is 4. The van der Waals surface area contributed by atoms with Crippen LogP contribution in [0.5, 0.6) is 0 Å². The molecule has 0 saturated carbocycles. The smallest absolute Gasteiger partial charge is 0.321 e. The predicted molar refractivity (Wildman–Crippen MR) is 37.5 cm³/mol. The lowest BCUT2D eigenvalue weighted by Gasteiger charge is -1.99. The van der Waals surface area contributed by atoms with Gasteiger partial charge in [0.2, 0.25) is 6.41 Å². The molecule has 0 aliphatic carbocycles. The summed E-state index contributed by atoms with van der Waals surface area (Å²) in [5.41, 5.74) is 0. The van der Waals surface area contributed by atoms with Crippen LogP contribution in [0.3, 0.4) is 0 Å². The lowest BCUT2D eigenvalue weighted by atomic mass is 10.3. The van der Waals surface area contributed by atoms with E-state index < -0.39 is 6.03 Å². The van der Waals surface area contributed by atoms with Gasteiger partial charge < -0.3 is 5.32 Å². The Morgan fingerprint density at radius 3 is 2.80 bits per heavy atom. The van der Waals surface area contributed by atoms with Crippen LogP contribution in [0.2, 0.25) is 0 Å². The molecule has 10 heavy (non-hydrogen) atoms. The second kappa shape index (κ2) is 6.07. The fourth-order valence-corrected chi connectivity index (χ4v) is 0.483. The third-order valence-electron chi connectivity index (χ3n) is 1.01. The van der Waals surface area contributed by atoms with Crippen molar-refractivity contribution in [3.05, 3.63) is 0 Å². The van der Waals surface area contributed by atoms with Crippen LogP contribution in [0.25, 0.3) is 0 Å².